The minimum Gasteiger partial charge on any atom is -0.392 e. The van der Waals surface area contributed by atoms with Crippen LogP contribution in [-0.2, 0) is 0 Å². The number of thioether (sulfide) groups is 1. The van der Waals surface area contributed by atoms with Crippen LogP contribution in [0.15, 0.2) is 46.9 Å². The summed E-state index contributed by atoms with van der Waals surface area (Å²) in [7, 11) is 0. The zero-order valence-electron chi connectivity index (χ0n) is 7.73. The van der Waals surface area contributed by atoms with Gasteiger partial charge in [0.15, 0.2) is 0 Å². The summed E-state index contributed by atoms with van der Waals surface area (Å²) in [5, 5.41) is 8.75. The van der Waals surface area contributed by atoms with Gasteiger partial charge in [-0.2, -0.15) is 0 Å². The first-order chi connectivity index (χ1) is 6.33. The zero-order valence-corrected chi connectivity index (χ0v) is 8.55. The molecule has 13 heavy (non-hydrogen) atoms. The Morgan fingerprint density at radius 2 is 2.08 bits per heavy atom. The van der Waals surface area contributed by atoms with Crippen LogP contribution in [0.5, 0.6) is 0 Å². The van der Waals surface area contributed by atoms with Gasteiger partial charge >= 0.3 is 0 Å². The monoisotopic (exact) mass is 194 g/mol. The molecule has 0 aromatic heterocycles. The molecule has 0 amide bonds. The summed E-state index contributed by atoms with van der Waals surface area (Å²) >= 11 is 1.78. The molecule has 0 aliphatic rings. The molecule has 0 unspecified atom stereocenters. The van der Waals surface area contributed by atoms with Crippen LogP contribution in [0.1, 0.15) is 6.92 Å². The van der Waals surface area contributed by atoms with Gasteiger partial charge in [0.25, 0.3) is 0 Å². The Bertz CT molecular complexity index is 267. The van der Waals surface area contributed by atoms with Crippen molar-refractivity contribution in [3.8, 4) is 0 Å². The molecule has 2 heteroatoms. The summed E-state index contributed by atoms with van der Waals surface area (Å²) in [5.74, 6) is 0.927. The fourth-order valence-electron chi connectivity index (χ4n) is 0.861. The van der Waals surface area contributed by atoms with Crippen molar-refractivity contribution in [3.63, 3.8) is 0 Å². The maximum absolute atomic E-state index is 8.75. The van der Waals surface area contributed by atoms with E-state index in [4.69, 9.17) is 5.11 Å². The third-order valence-electron chi connectivity index (χ3n) is 1.67. The van der Waals surface area contributed by atoms with Crippen molar-refractivity contribution in [1.82, 2.24) is 0 Å². The van der Waals surface area contributed by atoms with Gasteiger partial charge in [-0.15, -0.1) is 11.8 Å². The average molecular weight is 194 g/mol. The van der Waals surface area contributed by atoms with E-state index >= 15 is 0 Å². The number of rotatable bonds is 4. The highest BCUT2D eigenvalue weighted by atomic mass is 32.2. The second kappa shape index (κ2) is 5.84. The van der Waals surface area contributed by atoms with Crippen LogP contribution < -0.4 is 0 Å². The largest absolute Gasteiger partial charge is 0.392 e. The second-order valence-electron chi connectivity index (χ2n) is 2.83. The van der Waals surface area contributed by atoms with Crippen molar-refractivity contribution in [3.05, 3.63) is 42.0 Å². The van der Waals surface area contributed by atoms with E-state index in [1.165, 1.54) is 4.90 Å². The fourth-order valence-corrected chi connectivity index (χ4v) is 1.77. The van der Waals surface area contributed by atoms with Crippen LogP contribution in [0.25, 0.3) is 0 Å². The Morgan fingerprint density at radius 3 is 2.69 bits per heavy atom. The molecule has 0 aliphatic heterocycles. The third kappa shape index (κ3) is 4.15. The smallest absolute Gasteiger partial charge is 0.0639 e. The van der Waals surface area contributed by atoms with Gasteiger partial charge in [-0.3, -0.25) is 0 Å². The molecule has 1 aromatic carbocycles. The number of aliphatic hydroxyl groups is 1. The lowest BCUT2D eigenvalue weighted by Gasteiger charge is -1.97. The van der Waals surface area contributed by atoms with Gasteiger partial charge < -0.3 is 5.11 Å². The Labute approximate surface area is 83.5 Å². The predicted octanol–water partition coefficient (Wildman–Crippen LogP) is 2.72. The molecular formula is C11H14OS. The van der Waals surface area contributed by atoms with Crippen LogP contribution >= 0.6 is 11.8 Å². The van der Waals surface area contributed by atoms with Crippen molar-refractivity contribution >= 4 is 11.8 Å². The molecule has 0 atom stereocenters. The maximum Gasteiger partial charge on any atom is 0.0639 e. The summed E-state index contributed by atoms with van der Waals surface area (Å²) in [6, 6.07) is 10.3. The van der Waals surface area contributed by atoms with Crippen molar-refractivity contribution in [2.45, 2.75) is 11.8 Å². The van der Waals surface area contributed by atoms with E-state index in [9.17, 15) is 0 Å². The lowest BCUT2D eigenvalue weighted by molar-refractivity contribution is 0.331. The number of hydrogen-bond acceptors (Lipinski definition) is 2. The number of hydrogen-bond donors (Lipinski definition) is 1. The van der Waals surface area contributed by atoms with Crippen LogP contribution in [0.2, 0.25) is 0 Å². The molecule has 1 rings (SSSR count). The first-order valence-electron chi connectivity index (χ1n) is 4.27. The highest BCUT2D eigenvalue weighted by Crippen LogP contribution is 2.17. The molecule has 70 valence electrons. The molecule has 0 bridgehead atoms. The normalized spacial score (nSPS) is 11.7. The van der Waals surface area contributed by atoms with Crippen LogP contribution in [0.4, 0.5) is 0 Å². The highest BCUT2D eigenvalue weighted by Gasteiger charge is 1.90. The molecule has 0 aliphatic carbocycles. The van der Waals surface area contributed by atoms with Gasteiger partial charge in [0.1, 0.15) is 0 Å². The van der Waals surface area contributed by atoms with Crippen LogP contribution in [0.3, 0.4) is 0 Å². The molecule has 0 saturated carbocycles. The van der Waals surface area contributed by atoms with E-state index < -0.39 is 0 Å². The summed E-state index contributed by atoms with van der Waals surface area (Å²) in [6.45, 7) is 2.10. The van der Waals surface area contributed by atoms with E-state index in [-0.39, 0.29) is 6.61 Å². The molecule has 1 aromatic rings. The van der Waals surface area contributed by atoms with Gasteiger partial charge in [-0.25, -0.2) is 0 Å². The SMILES string of the molecule is C/C(=C\CSc1ccccc1)CO. The highest BCUT2D eigenvalue weighted by molar-refractivity contribution is 7.99. The Kier molecular flexibility index (Phi) is 4.65. The third-order valence-corrected chi connectivity index (χ3v) is 2.61. The quantitative estimate of drug-likeness (QED) is 0.587. The van der Waals surface area contributed by atoms with Crippen LogP contribution in [0, 0.1) is 0 Å². The topological polar surface area (TPSA) is 20.2 Å². The van der Waals surface area contributed by atoms with Gasteiger partial charge in [0.2, 0.25) is 0 Å². The Balaban J connectivity index is 2.36. The number of benzene rings is 1. The Morgan fingerprint density at radius 1 is 1.38 bits per heavy atom. The predicted molar refractivity (Wildman–Crippen MR) is 58.0 cm³/mol. The summed E-state index contributed by atoms with van der Waals surface area (Å²) in [4.78, 5) is 1.27. The molecule has 1 nitrogen and oxygen atoms in total. The molecule has 0 spiro atoms. The first kappa shape index (κ1) is 10.4. The molecular weight excluding hydrogens is 180 g/mol. The molecule has 0 fully saturated rings. The summed E-state index contributed by atoms with van der Waals surface area (Å²) < 4.78 is 0. The van der Waals surface area contributed by atoms with Crippen molar-refractivity contribution in [1.29, 1.82) is 0 Å². The molecule has 0 radical (unpaired) electrons. The minimum absolute atomic E-state index is 0.162. The maximum atomic E-state index is 8.75. The lowest BCUT2D eigenvalue weighted by atomic mass is 10.3. The van der Waals surface area contributed by atoms with Gasteiger partial charge in [0, 0.05) is 10.6 Å². The molecule has 1 N–H and O–H groups in total. The van der Waals surface area contributed by atoms with Gasteiger partial charge in [-0.05, 0) is 19.1 Å². The minimum atomic E-state index is 0.162. The lowest BCUT2D eigenvalue weighted by Crippen LogP contribution is -1.84. The zero-order chi connectivity index (χ0) is 9.52. The average Bonchev–Trinajstić information content (AvgIpc) is 2.19. The van der Waals surface area contributed by atoms with E-state index in [0.717, 1.165) is 11.3 Å². The summed E-state index contributed by atoms with van der Waals surface area (Å²) in [5.41, 5.74) is 1.03. The molecule has 0 saturated heterocycles. The van der Waals surface area contributed by atoms with E-state index in [0.29, 0.717) is 0 Å². The van der Waals surface area contributed by atoms with E-state index in [2.05, 4.69) is 18.2 Å². The van der Waals surface area contributed by atoms with Crippen molar-refractivity contribution in [2.24, 2.45) is 0 Å². The van der Waals surface area contributed by atoms with E-state index in [1.807, 2.05) is 25.1 Å². The first-order valence-corrected chi connectivity index (χ1v) is 5.26. The summed E-state index contributed by atoms with van der Waals surface area (Å²) in [6.07, 6.45) is 2.05. The van der Waals surface area contributed by atoms with Crippen LogP contribution in [-0.4, -0.2) is 17.5 Å². The van der Waals surface area contributed by atoms with Gasteiger partial charge in [0.05, 0.1) is 6.61 Å². The van der Waals surface area contributed by atoms with Gasteiger partial charge in [-0.1, -0.05) is 29.8 Å². The fraction of sp³-hybridized carbons (Fsp3) is 0.273. The van der Waals surface area contributed by atoms with Crippen molar-refractivity contribution in [2.75, 3.05) is 12.4 Å². The Hall–Kier alpha value is -0.730. The molecule has 0 heterocycles. The second-order valence-corrected chi connectivity index (χ2v) is 3.93. The van der Waals surface area contributed by atoms with Crippen molar-refractivity contribution < 1.29 is 5.11 Å². The standard InChI is InChI=1S/C11H14OS/c1-10(9-12)7-8-13-11-5-3-2-4-6-11/h2-7,12H,8-9H2,1H3/b10-7+. The van der Waals surface area contributed by atoms with E-state index in [1.54, 1.807) is 11.8 Å². The number of aliphatic hydroxyl groups excluding tert-OH is 1.